The lowest BCUT2D eigenvalue weighted by Crippen LogP contribution is -2.27. The van der Waals surface area contributed by atoms with Gasteiger partial charge in [-0.1, -0.05) is 17.8 Å². The normalized spacial score (nSPS) is 12.4. The summed E-state index contributed by atoms with van der Waals surface area (Å²) in [6.45, 7) is 0. The van der Waals surface area contributed by atoms with Crippen LogP contribution in [0.3, 0.4) is 0 Å². The van der Waals surface area contributed by atoms with Crippen molar-refractivity contribution in [1.82, 2.24) is 5.32 Å². The first-order chi connectivity index (χ1) is 14.0. The van der Waals surface area contributed by atoms with Crippen molar-refractivity contribution in [3.63, 3.8) is 0 Å². The van der Waals surface area contributed by atoms with Crippen molar-refractivity contribution in [2.75, 3.05) is 19.1 Å². The molecule has 0 heterocycles. The minimum absolute atomic E-state index is 0.0677. The zero-order valence-electron chi connectivity index (χ0n) is 15.6. The fourth-order valence-corrected chi connectivity index (χ4v) is 3.40. The number of aliphatic imine (C=N–C) groups is 1. The number of benzene rings is 2. The summed E-state index contributed by atoms with van der Waals surface area (Å²) in [6.07, 6.45) is -3.77. The number of methoxy groups -OCH3 is 1. The van der Waals surface area contributed by atoms with Crippen molar-refractivity contribution < 1.29 is 35.3 Å². The minimum Gasteiger partial charge on any atom is -0.453 e. The van der Waals surface area contributed by atoms with Gasteiger partial charge in [0.25, 0.3) is 0 Å². The summed E-state index contributed by atoms with van der Waals surface area (Å²) in [7, 11) is -3.29. The van der Waals surface area contributed by atoms with E-state index in [1.165, 1.54) is 13.2 Å². The highest BCUT2D eigenvalue weighted by atomic mass is 32.2. The van der Waals surface area contributed by atoms with Crippen molar-refractivity contribution in [3.8, 4) is 5.75 Å². The van der Waals surface area contributed by atoms with E-state index in [9.17, 15) is 26.4 Å². The van der Waals surface area contributed by atoms with Crippen LogP contribution >= 0.6 is 11.8 Å². The van der Waals surface area contributed by atoms with Gasteiger partial charge >= 0.3 is 22.4 Å². The van der Waals surface area contributed by atoms with E-state index < -0.39 is 33.7 Å². The van der Waals surface area contributed by atoms with Gasteiger partial charge in [0, 0.05) is 0 Å². The maximum Gasteiger partial charge on any atom is 0.416 e. The Morgan fingerprint density at radius 1 is 1.20 bits per heavy atom. The highest BCUT2D eigenvalue weighted by molar-refractivity contribution is 8.13. The van der Waals surface area contributed by atoms with Crippen LogP contribution in [0.2, 0.25) is 0 Å². The number of alkyl halides is 3. The quantitative estimate of drug-likeness (QED) is 0.307. The van der Waals surface area contributed by atoms with Crippen LogP contribution in [0.5, 0.6) is 5.75 Å². The number of carbonyl (C=O) groups excluding carboxylic acids is 1. The van der Waals surface area contributed by atoms with E-state index in [1.807, 2.05) is 0 Å². The summed E-state index contributed by atoms with van der Waals surface area (Å²) in [6, 6.07) is 6.88. The average Bonchev–Trinajstić information content (AvgIpc) is 2.67. The van der Waals surface area contributed by atoms with Crippen molar-refractivity contribution in [3.05, 3.63) is 48.0 Å². The Balaban J connectivity index is 2.30. The number of amidine groups is 1. The molecule has 0 saturated heterocycles. The van der Waals surface area contributed by atoms with Crippen LogP contribution in [0.4, 0.5) is 29.3 Å². The predicted molar refractivity (Wildman–Crippen MR) is 106 cm³/mol. The molecule has 0 fully saturated rings. The van der Waals surface area contributed by atoms with Crippen LogP contribution in [0.15, 0.2) is 52.4 Å². The first-order valence-electron chi connectivity index (χ1n) is 7.95. The molecule has 30 heavy (non-hydrogen) atoms. The van der Waals surface area contributed by atoms with Crippen LogP contribution < -0.4 is 15.2 Å². The third-order valence-corrected chi connectivity index (χ3v) is 5.29. The second-order valence-electron chi connectivity index (χ2n) is 5.52. The first kappa shape index (κ1) is 23.3. The number of ether oxygens (including phenoxy) is 1. The van der Waals surface area contributed by atoms with E-state index >= 15 is 0 Å². The average molecular weight is 463 g/mol. The second kappa shape index (κ2) is 9.26. The van der Waals surface area contributed by atoms with Gasteiger partial charge in [-0.25, -0.2) is 9.79 Å². The molecule has 1 amide bonds. The number of thioether (sulfide) groups is 1. The Morgan fingerprint density at radius 2 is 1.90 bits per heavy atom. The number of hydrogen-bond donors (Lipinski definition) is 2. The second-order valence-corrected chi connectivity index (χ2v) is 7.86. The molecule has 8 nitrogen and oxygen atoms in total. The fraction of sp³-hybridized carbons (Fsp3) is 0.176. The summed E-state index contributed by atoms with van der Waals surface area (Å²) < 4.78 is 72.4. The molecule has 0 saturated carbocycles. The van der Waals surface area contributed by atoms with Crippen LogP contribution in [-0.2, 0) is 21.0 Å². The third-order valence-electron chi connectivity index (χ3n) is 3.46. The maximum atomic E-state index is 12.8. The monoisotopic (exact) mass is 463 g/mol. The Hall–Kier alpha value is -2.93. The molecular formula is C17H16F3N3O5S2. The van der Waals surface area contributed by atoms with Crippen molar-refractivity contribution in [2.45, 2.75) is 11.1 Å². The number of nitrogens with one attached hydrogen (secondary N) is 1. The number of carbonyl (C=O) groups is 1. The summed E-state index contributed by atoms with van der Waals surface area (Å²) in [5.41, 5.74) is 4.86. The van der Waals surface area contributed by atoms with Crippen LogP contribution in [0.1, 0.15) is 5.56 Å². The molecule has 0 radical (unpaired) electrons. The minimum atomic E-state index is -4.65. The van der Waals surface area contributed by atoms with Crippen LogP contribution in [-0.4, -0.2) is 33.0 Å². The number of anilines is 1. The Morgan fingerprint density at radius 3 is 2.47 bits per heavy atom. The molecule has 0 aliphatic carbocycles. The largest absolute Gasteiger partial charge is 0.453 e. The number of amides is 1. The number of nitrogen functional groups attached to an aromatic ring is 1. The van der Waals surface area contributed by atoms with Gasteiger partial charge in [0.15, 0.2) is 5.17 Å². The van der Waals surface area contributed by atoms with E-state index in [2.05, 4.69) is 15.0 Å². The Bertz CT molecular complexity index is 1070. The van der Waals surface area contributed by atoms with E-state index in [0.29, 0.717) is 6.07 Å². The summed E-state index contributed by atoms with van der Waals surface area (Å²) in [5.74, 6) is -0.502. The van der Waals surface area contributed by atoms with Gasteiger partial charge in [-0.05, 0) is 42.7 Å². The summed E-state index contributed by atoms with van der Waals surface area (Å²) in [5, 5.41) is 2.49. The van der Waals surface area contributed by atoms with E-state index in [4.69, 9.17) is 9.92 Å². The maximum absolute atomic E-state index is 12.8. The highest BCUT2D eigenvalue weighted by Gasteiger charge is 2.31. The molecule has 0 spiro atoms. The lowest BCUT2D eigenvalue weighted by atomic mass is 10.2. The smallest absolute Gasteiger partial charge is 0.416 e. The lowest BCUT2D eigenvalue weighted by molar-refractivity contribution is -0.137. The topological polar surface area (TPSA) is 120 Å². The molecule has 2 aromatic carbocycles. The number of halogens is 3. The summed E-state index contributed by atoms with van der Waals surface area (Å²) in [4.78, 5) is 15.0. The van der Waals surface area contributed by atoms with Crippen molar-refractivity contribution in [2.24, 2.45) is 4.99 Å². The Kier molecular flexibility index (Phi) is 7.21. The van der Waals surface area contributed by atoms with Gasteiger partial charge in [-0.2, -0.15) is 21.6 Å². The standard InChI is InChI=1S/C17H16F3N3O5S2/c1-27-16(24)23-15(29-2)22-14-7-6-12(9-13(14)21)30(25,26)28-11-5-3-4-10(8-11)17(18,19)20/h3-9H,21H2,1-2H3,(H,22,23,24). The number of rotatable bonds is 4. The summed E-state index contributed by atoms with van der Waals surface area (Å²) >= 11 is 1.08. The molecular weight excluding hydrogens is 447 g/mol. The Labute approximate surface area is 174 Å². The van der Waals surface area contributed by atoms with E-state index in [1.54, 1.807) is 6.26 Å². The molecule has 2 aromatic rings. The number of nitrogens with two attached hydrogens (primary N) is 1. The fourth-order valence-electron chi connectivity index (χ4n) is 2.06. The molecule has 0 aromatic heterocycles. The molecule has 0 aliphatic rings. The van der Waals surface area contributed by atoms with Gasteiger partial charge in [0.2, 0.25) is 0 Å². The molecule has 162 valence electrons. The molecule has 0 unspecified atom stereocenters. The van der Waals surface area contributed by atoms with Gasteiger partial charge in [0.1, 0.15) is 10.6 Å². The molecule has 13 heteroatoms. The molecule has 3 N–H and O–H groups in total. The third kappa shape index (κ3) is 6.03. The first-order valence-corrected chi connectivity index (χ1v) is 10.6. The van der Waals surface area contributed by atoms with Crippen molar-refractivity contribution >= 4 is 44.5 Å². The van der Waals surface area contributed by atoms with E-state index in [0.717, 1.165) is 42.1 Å². The number of alkyl carbamates (subject to hydrolysis) is 1. The highest BCUT2D eigenvalue weighted by Crippen LogP contribution is 2.33. The van der Waals surface area contributed by atoms with Crippen LogP contribution in [0.25, 0.3) is 0 Å². The molecule has 0 atom stereocenters. The lowest BCUT2D eigenvalue weighted by Gasteiger charge is -2.11. The van der Waals surface area contributed by atoms with Gasteiger partial charge in [0.05, 0.1) is 24.0 Å². The predicted octanol–water partition coefficient (Wildman–Crippen LogP) is 3.76. The van der Waals surface area contributed by atoms with Gasteiger partial charge in [-0.15, -0.1) is 0 Å². The number of hydrogen-bond acceptors (Lipinski definition) is 8. The number of nitrogens with zero attached hydrogens (tertiary/aromatic N) is 1. The van der Waals surface area contributed by atoms with Crippen molar-refractivity contribution in [1.29, 1.82) is 0 Å². The van der Waals surface area contributed by atoms with E-state index in [-0.39, 0.29) is 21.4 Å². The van der Waals surface area contributed by atoms with Crippen LogP contribution in [0, 0.1) is 0 Å². The molecule has 0 aliphatic heterocycles. The zero-order chi connectivity index (χ0) is 22.5. The zero-order valence-corrected chi connectivity index (χ0v) is 17.2. The molecule has 2 rings (SSSR count). The molecule has 0 bridgehead atoms. The van der Waals surface area contributed by atoms with Gasteiger partial charge in [-0.3, -0.25) is 5.32 Å². The van der Waals surface area contributed by atoms with Gasteiger partial charge < -0.3 is 14.7 Å². The SMILES string of the molecule is COC(=O)NC(=Nc1ccc(S(=O)(=O)Oc2cccc(C(F)(F)F)c2)cc1N)SC.